The number of rotatable bonds is 45. The molecule has 8 nitrogen and oxygen atoms in total. The van der Waals surface area contributed by atoms with Gasteiger partial charge in [0.15, 0.2) is 6.10 Å². The Hall–Kier alpha value is -3.23. The minimum absolute atomic E-state index is 0.0287. The number of ether oxygens (including phenoxy) is 3. The van der Waals surface area contributed by atoms with Gasteiger partial charge in [-0.3, -0.25) is 9.59 Å². The third-order valence-electron chi connectivity index (χ3n) is 11.1. The van der Waals surface area contributed by atoms with Gasteiger partial charge in [0.05, 0.1) is 40.3 Å². The van der Waals surface area contributed by atoms with Crippen molar-refractivity contribution in [1.82, 2.24) is 0 Å². The van der Waals surface area contributed by atoms with E-state index >= 15 is 0 Å². The maximum absolute atomic E-state index is 12.8. The summed E-state index contributed by atoms with van der Waals surface area (Å²) in [5, 5.41) is 11.7. The lowest BCUT2D eigenvalue weighted by molar-refractivity contribution is -0.889. The largest absolute Gasteiger partial charge is 0.544 e. The number of esters is 2. The topological polar surface area (TPSA) is 102 Å². The smallest absolute Gasteiger partial charge is 0.306 e. The van der Waals surface area contributed by atoms with Crippen LogP contribution < -0.4 is 5.11 Å². The summed E-state index contributed by atoms with van der Waals surface area (Å²) in [7, 11) is 5.40. The number of hydrogen-bond acceptors (Lipinski definition) is 7. The van der Waals surface area contributed by atoms with Gasteiger partial charge in [0.1, 0.15) is 12.6 Å². The van der Waals surface area contributed by atoms with Crippen LogP contribution in [-0.2, 0) is 28.6 Å². The maximum atomic E-state index is 12.8. The average molecular weight is 882 g/mol. The Kier molecular flexibility index (Phi) is 43.0. The Morgan fingerprint density at radius 2 is 0.889 bits per heavy atom. The van der Waals surface area contributed by atoms with Crippen LogP contribution in [-0.4, -0.2) is 75.5 Å². The number of unbranched alkanes of at least 4 members (excludes halogenated alkanes) is 19. The summed E-state index contributed by atoms with van der Waals surface area (Å²) in [5.41, 5.74) is 0. The number of carboxylic acids is 1. The zero-order valence-electron chi connectivity index (χ0n) is 41.2. The Labute approximate surface area is 387 Å². The molecule has 0 spiro atoms. The van der Waals surface area contributed by atoms with Crippen molar-refractivity contribution in [3.8, 4) is 0 Å². The van der Waals surface area contributed by atoms with Gasteiger partial charge in [-0.05, 0) is 64.2 Å². The van der Waals surface area contributed by atoms with Crippen LogP contribution in [0.3, 0.4) is 0 Å². The molecule has 0 heterocycles. The molecule has 0 aromatic rings. The Morgan fingerprint density at radius 1 is 0.492 bits per heavy atom. The first kappa shape index (κ1) is 59.8. The molecule has 63 heavy (non-hydrogen) atoms. The second-order valence-electron chi connectivity index (χ2n) is 18.0. The molecule has 0 aromatic carbocycles. The summed E-state index contributed by atoms with van der Waals surface area (Å²) >= 11 is 0. The van der Waals surface area contributed by atoms with E-state index in [0.29, 0.717) is 12.8 Å². The molecule has 0 aliphatic rings. The quantitative estimate of drug-likeness (QED) is 0.0260. The van der Waals surface area contributed by atoms with Crippen LogP contribution in [0.25, 0.3) is 0 Å². The molecule has 0 N–H and O–H groups in total. The van der Waals surface area contributed by atoms with Crippen molar-refractivity contribution in [2.75, 3.05) is 41.0 Å². The molecule has 0 aliphatic carbocycles. The number of allylic oxidation sites excluding steroid dienone is 12. The van der Waals surface area contributed by atoms with Gasteiger partial charge in [-0.25, -0.2) is 0 Å². The molecule has 0 saturated heterocycles. The van der Waals surface area contributed by atoms with Crippen LogP contribution in [0.1, 0.15) is 206 Å². The first-order valence-corrected chi connectivity index (χ1v) is 25.5. The molecular formula is C55H95NO7. The standard InChI is InChI=1S/C55H95NO7/c1-6-8-10-12-14-16-18-20-22-24-25-26-27-28-30-31-33-35-37-39-41-43-45-53(57)62-50-51(49-61-48-47-52(55(59)60)56(3,4)5)63-54(58)46-44-42-40-38-36-34-32-29-23-21-19-17-15-13-11-9-7-2/h8,10,14,16,20,22,25-26,28,30,33,35,51-52H,6-7,9,11-13,15,17-19,21,23-24,27,29,31-32,34,36-50H2,1-5H3/b10-8+,16-14+,22-20+,26-25+,30-28+,35-33+. The molecule has 0 rings (SSSR count). The summed E-state index contributed by atoms with van der Waals surface area (Å²) in [4.78, 5) is 37.0. The van der Waals surface area contributed by atoms with Crippen molar-refractivity contribution in [1.29, 1.82) is 0 Å². The zero-order chi connectivity index (χ0) is 46.3. The van der Waals surface area contributed by atoms with Gasteiger partial charge in [0, 0.05) is 19.3 Å². The number of carboxylic acid groups (broad SMARTS) is 1. The van der Waals surface area contributed by atoms with Crippen molar-refractivity contribution >= 4 is 17.9 Å². The summed E-state index contributed by atoms with van der Waals surface area (Å²) in [6, 6.07) is -0.733. The van der Waals surface area contributed by atoms with Crippen molar-refractivity contribution in [3.63, 3.8) is 0 Å². The normalized spacial score (nSPS) is 13.5. The third kappa shape index (κ3) is 43.8. The van der Waals surface area contributed by atoms with Crippen molar-refractivity contribution in [2.24, 2.45) is 0 Å². The molecule has 2 atom stereocenters. The monoisotopic (exact) mass is 882 g/mol. The van der Waals surface area contributed by atoms with E-state index in [1.165, 1.54) is 89.9 Å². The minimum Gasteiger partial charge on any atom is -0.544 e. The molecule has 0 radical (unpaired) electrons. The van der Waals surface area contributed by atoms with E-state index < -0.39 is 18.1 Å². The van der Waals surface area contributed by atoms with Crippen molar-refractivity contribution < 1.29 is 38.2 Å². The van der Waals surface area contributed by atoms with Crippen LogP contribution >= 0.6 is 0 Å². The molecule has 0 saturated carbocycles. The molecule has 362 valence electrons. The Morgan fingerprint density at radius 3 is 1.32 bits per heavy atom. The number of aliphatic carboxylic acids is 1. The SMILES string of the molecule is CC/C=C/C/C=C/C/C=C/C/C=C/C/C=C/C/C=C/CCCCCC(=O)OCC(COCCC(C(=O)[O-])[N+](C)(C)C)OC(=O)CCCCCCCCCCCCCCCCCCC. The number of carbonyl (C=O) groups is 3. The van der Waals surface area contributed by atoms with E-state index in [-0.39, 0.29) is 42.7 Å². The second kappa shape index (κ2) is 45.3. The van der Waals surface area contributed by atoms with Crippen molar-refractivity contribution in [2.45, 2.75) is 219 Å². The van der Waals surface area contributed by atoms with Gasteiger partial charge in [-0.1, -0.05) is 196 Å². The van der Waals surface area contributed by atoms with Crippen molar-refractivity contribution in [3.05, 3.63) is 72.9 Å². The van der Waals surface area contributed by atoms with Crippen LogP contribution in [0.15, 0.2) is 72.9 Å². The Balaban J connectivity index is 4.32. The Bertz CT molecular complexity index is 1260. The fourth-order valence-electron chi connectivity index (χ4n) is 7.19. The maximum Gasteiger partial charge on any atom is 0.306 e. The lowest BCUT2D eigenvalue weighted by atomic mass is 10.0. The van der Waals surface area contributed by atoms with Gasteiger partial charge in [0.25, 0.3) is 0 Å². The summed E-state index contributed by atoms with van der Waals surface area (Å²) in [5.74, 6) is -1.77. The lowest BCUT2D eigenvalue weighted by Gasteiger charge is -2.34. The zero-order valence-corrected chi connectivity index (χ0v) is 41.2. The van der Waals surface area contributed by atoms with Crippen LogP contribution in [0.2, 0.25) is 0 Å². The van der Waals surface area contributed by atoms with E-state index in [1.54, 1.807) is 21.1 Å². The molecule has 0 aliphatic heterocycles. The highest BCUT2D eigenvalue weighted by atomic mass is 16.6. The van der Waals surface area contributed by atoms with E-state index in [4.69, 9.17) is 14.2 Å². The third-order valence-corrected chi connectivity index (χ3v) is 11.1. The predicted molar refractivity (Wildman–Crippen MR) is 263 cm³/mol. The highest BCUT2D eigenvalue weighted by Gasteiger charge is 2.25. The first-order valence-electron chi connectivity index (χ1n) is 25.5. The average Bonchev–Trinajstić information content (AvgIpc) is 3.24. The van der Waals surface area contributed by atoms with Gasteiger partial charge in [-0.15, -0.1) is 0 Å². The summed E-state index contributed by atoms with van der Waals surface area (Å²) in [6.45, 7) is 4.53. The highest BCUT2D eigenvalue weighted by Crippen LogP contribution is 2.15. The van der Waals surface area contributed by atoms with Gasteiger partial charge >= 0.3 is 11.9 Å². The predicted octanol–water partition coefficient (Wildman–Crippen LogP) is 13.4. The van der Waals surface area contributed by atoms with Gasteiger partial charge in [-0.2, -0.15) is 0 Å². The molecule has 0 aromatic heterocycles. The van der Waals surface area contributed by atoms with E-state index in [0.717, 1.165) is 83.5 Å². The minimum atomic E-state index is -1.13. The van der Waals surface area contributed by atoms with E-state index in [9.17, 15) is 19.5 Å². The highest BCUT2D eigenvalue weighted by molar-refractivity contribution is 5.70. The number of likely N-dealkylation sites (N-methyl/N-ethyl adjacent to an activating group) is 1. The van der Waals surface area contributed by atoms with Gasteiger partial charge in [0.2, 0.25) is 0 Å². The molecule has 8 heteroatoms. The molecule has 0 amide bonds. The van der Waals surface area contributed by atoms with Crippen LogP contribution in [0, 0.1) is 0 Å². The fourth-order valence-corrected chi connectivity index (χ4v) is 7.19. The molecule has 0 bridgehead atoms. The van der Waals surface area contributed by atoms with Crippen LogP contribution in [0.5, 0.6) is 0 Å². The first-order chi connectivity index (χ1) is 30.6. The van der Waals surface area contributed by atoms with Crippen LogP contribution in [0.4, 0.5) is 0 Å². The van der Waals surface area contributed by atoms with Gasteiger partial charge < -0.3 is 28.6 Å². The number of carbonyl (C=O) groups excluding carboxylic acids is 3. The molecular weight excluding hydrogens is 787 g/mol. The second-order valence-corrected chi connectivity index (χ2v) is 18.0. The molecule has 0 fully saturated rings. The summed E-state index contributed by atoms with van der Waals surface area (Å²) < 4.78 is 17.2. The number of nitrogens with zero attached hydrogens (tertiary/aromatic N) is 1. The number of hydrogen-bond donors (Lipinski definition) is 0. The van der Waals surface area contributed by atoms with E-state index in [2.05, 4.69) is 86.8 Å². The fraction of sp³-hybridized carbons (Fsp3) is 0.727. The summed E-state index contributed by atoms with van der Waals surface area (Å²) in [6.07, 6.45) is 57.9. The molecule has 2 unspecified atom stereocenters. The number of quaternary nitrogens is 1. The van der Waals surface area contributed by atoms with E-state index in [1.807, 2.05) is 0 Å². The lowest BCUT2D eigenvalue weighted by Crippen LogP contribution is -2.55.